The van der Waals surface area contributed by atoms with Crippen molar-refractivity contribution in [1.82, 2.24) is 0 Å². The van der Waals surface area contributed by atoms with E-state index in [0.29, 0.717) is 13.2 Å². The zero-order valence-corrected chi connectivity index (χ0v) is 13.3. The molecule has 0 spiro atoms. The van der Waals surface area contributed by atoms with Crippen LogP contribution in [0, 0.1) is 0 Å². The average molecular weight is 303 g/mol. The minimum Gasteiger partial charge on any atom is -0.497 e. The molecule has 0 unspecified atom stereocenters. The maximum atomic E-state index is 5.94. The zero-order chi connectivity index (χ0) is 15.1. The van der Waals surface area contributed by atoms with E-state index in [1.54, 1.807) is 18.9 Å². The Morgan fingerprint density at radius 1 is 1.10 bits per heavy atom. The van der Waals surface area contributed by atoms with Crippen LogP contribution in [0.2, 0.25) is 0 Å². The van der Waals surface area contributed by atoms with E-state index < -0.39 is 0 Å². The van der Waals surface area contributed by atoms with Gasteiger partial charge < -0.3 is 15.2 Å². The van der Waals surface area contributed by atoms with Gasteiger partial charge >= 0.3 is 0 Å². The molecule has 0 aliphatic heterocycles. The lowest BCUT2D eigenvalue weighted by Crippen LogP contribution is -2.04. The first-order valence-corrected chi connectivity index (χ1v) is 7.97. The molecule has 0 atom stereocenters. The minimum absolute atomic E-state index is 0.487. The van der Waals surface area contributed by atoms with Gasteiger partial charge in [0, 0.05) is 17.0 Å². The first-order valence-electron chi connectivity index (χ1n) is 6.99. The molecule has 0 saturated carbocycles. The van der Waals surface area contributed by atoms with E-state index in [9.17, 15) is 0 Å². The maximum Gasteiger partial charge on any atom is 0.125 e. The number of hydrogen-bond donors (Lipinski definition) is 1. The van der Waals surface area contributed by atoms with Crippen LogP contribution in [0.3, 0.4) is 0 Å². The van der Waals surface area contributed by atoms with Crippen molar-refractivity contribution in [2.24, 2.45) is 5.73 Å². The van der Waals surface area contributed by atoms with Crippen molar-refractivity contribution in [1.29, 1.82) is 0 Å². The molecule has 112 valence electrons. The minimum atomic E-state index is 0.487. The first-order chi connectivity index (χ1) is 10.3. The maximum absolute atomic E-state index is 5.94. The molecule has 4 heteroatoms. The van der Waals surface area contributed by atoms with Gasteiger partial charge in [0.1, 0.15) is 18.1 Å². The molecule has 2 aromatic rings. The van der Waals surface area contributed by atoms with E-state index in [-0.39, 0.29) is 0 Å². The fraction of sp³-hybridized carbons (Fsp3) is 0.294. The molecule has 0 radical (unpaired) electrons. The van der Waals surface area contributed by atoms with Crippen molar-refractivity contribution in [2.75, 3.05) is 12.9 Å². The lowest BCUT2D eigenvalue weighted by molar-refractivity contribution is 0.302. The monoisotopic (exact) mass is 303 g/mol. The molecule has 0 bridgehead atoms. The number of thioether (sulfide) groups is 1. The second-order valence-corrected chi connectivity index (χ2v) is 5.81. The van der Waals surface area contributed by atoms with Crippen LogP contribution in [0.5, 0.6) is 11.5 Å². The van der Waals surface area contributed by atoms with Crippen molar-refractivity contribution < 1.29 is 9.47 Å². The summed E-state index contributed by atoms with van der Waals surface area (Å²) in [7, 11) is 1.66. The second-order valence-electron chi connectivity index (χ2n) is 4.51. The van der Waals surface area contributed by atoms with E-state index >= 15 is 0 Å². The van der Waals surface area contributed by atoms with Gasteiger partial charge in [0.2, 0.25) is 0 Å². The van der Waals surface area contributed by atoms with Crippen molar-refractivity contribution in [3.63, 3.8) is 0 Å². The van der Waals surface area contributed by atoms with E-state index in [2.05, 4.69) is 13.0 Å². The van der Waals surface area contributed by atoms with Gasteiger partial charge in [-0.05, 0) is 35.6 Å². The first kappa shape index (κ1) is 15.7. The third-order valence-corrected chi connectivity index (χ3v) is 4.13. The Kier molecular flexibility index (Phi) is 5.96. The summed E-state index contributed by atoms with van der Waals surface area (Å²) < 4.78 is 11.1. The Hall–Kier alpha value is -1.65. The van der Waals surface area contributed by atoms with Gasteiger partial charge in [-0.15, -0.1) is 11.8 Å². The molecule has 0 fully saturated rings. The molecule has 2 rings (SSSR count). The van der Waals surface area contributed by atoms with Gasteiger partial charge in [0.05, 0.1) is 7.11 Å². The van der Waals surface area contributed by atoms with Crippen LogP contribution in [0.1, 0.15) is 18.1 Å². The predicted molar refractivity (Wildman–Crippen MR) is 88.1 cm³/mol. The Bertz CT molecular complexity index is 570. The van der Waals surface area contributed by atoms with E-state index in [4.69, 9.17) is 15.2 Å². The van der Waals surface area contributed by atoms with Crippen LogP contribution in [0.15, 0.2) is 47.4 Å². The fourth-order valence-corrected chi connectivity index (χ4v) is 2.90. The largest absolute Gasteiger partial charge is 0.497 e. The molecule has 0 aliphatic rings. The molecule has 0 saturated heterocycles. The van der Waals surface area contributed by atoms with Gasteiger partial charge in [-0.3, -0.25) is 0 Å². The van der Waals surface area contributed by atoms with Gasteiger partial charge in [-0.25, -0.2) is 0 Å². The summed E-state index contributed by atoms with van der Waals surface area (Å²) in [5.41, 5.74) is 8.06. The van der Waals surface area contributed by atoms with Crippen molar-refractivity contribution in [3.8, 4) is 11.5 Å². The number of rotatable bonds is 7. The molecule has 2 aromatic carbocycles. The summed E-state index contributed by atoms with van der Waals surface area (Å²) in [5.74, 6) is 2.74. The zero-order valence-electron chi connectivity index (χ0n) is 12.5. The topological polar surface area (TPSA) is 44.5 Å². The quantitative estimate of drug-likeness (QED) is 0.789. The van der Waals surface area contributed by atoms with Crippen LogP contribution in [-0.2, 0) is 13.2 Å². The highest BCUT2D eigenvalue weighted by Gasteiger charge is 2.08. The van der Waals surface area contributed by atoms with Gasteiger partial charge in [-0.1, -0.05) is 25.1 Å². The Morgan fingerprint density at radius 2 is 1.86 bits per heavy atom. The van der Waals surface area contributed by atoms with Gasteiger partial charge in [0.25, 0.3) is 0 Å². The van der Waals surface area contributed by atoms with Gasteiger partial charge in [0.15, 0.2) is 0 Å². The molecule has 0 amide bonds. The molecular formula is C17H21NO2S. The highest BCUT2D eigenvalue weighted by atomic mass is 32.2. The average Bonchev–Trinajstić information content (AvgIpc) is 2.54. The Morgan fingerprint density at radius 3 is 2.48 bits per heavy atom. The lowest BCUT2D eigenvalue weighted by atomic mass is 10.2. The van der Waals surface area contributed by atoms with Crippen LogP contribution >= 0.6 is 11.8 Å². The normalized spacial score (nSPS) is 10.4. The SMILES string of the molecule is CCSc1cccc(OCc2ccc(OC)cc2)c1CN. The fourth-order valence-electron chi connectivity index (χ4n) is 2.06. The highest BCUT2D eigenvalue weighted by molar-refractivity contribution is 7.99. The molecule has 0 aromatic heterocycles. The molecule has 2 N–H and O–H groups in total. The van der Waals surface area contributed by atoms with Crippen LogP contribution in [0.4, 0.5) is 0 Å². The number of nitrogens with two attached hydrogens (primary N) is 1. The third-order valence-electron chi connectivity index (χ3n) is 3.15. The smallest absolute Gasteiger partial charge is 0.125 e. The van der Waals surface area contributed by atoms with Crippen LogP contribution in [0.25, 0.3) is 0 Å². The number of benzene rings is 2. The van der Waals surface area contributed by atoms with E-state index in [1.807, 2.05) is 36.4 Å². The summed E-state index contributed by atoms with van der Waals surface area (Å²) in [5, 5.41) is 0. The molecular weight excluding hydrogens is 282 g/mol. The summed E-state index contributed by atoms with van der Waals surface area (Å²) >= 11 is 1.79. The molecule has 0 heterocycles. The molecule has 21 heavy (non-hydrogen) atoms. The van der Waals surface area contributed by atoms with E-state index in [1.165, 1.54) is 4.90 Å². The third kappa shape index (κ3) is 4.16. The summed E-state index contributed by atoms with van der Waals surface area (Å²) in [4.78, 5) is 1.20. The second kappa shape index (κ2) is 7.96. The molecule has 3 nitrogen and oxygen atoms in total. The Balaban J connectivity index is 2.09. The van der Waals surface area contributed by atoms with Crippen molar-refractivity contribution >= 4 is 11.8 Å². The summed E-state index contributed by atoms with van der Waals surface area (Å²) in [6.45, 7) is 3.15. The van der Waals surface area contributed by atoms with Crippen molar-refractivity contribution in [2.45, 2.75) is 25.0 Å². The van der Waals surface area contributed by atoms with Crippen LogP contribution in [-0.4, -0.2) is 12.9 Å². The molecule has 0 aliphatic carbocycles. The number of methoxy groups -OCH3 is 1. The number of hydrogen-bond acceptors (Lipinski definition) is 4. The van der Waals surface area contributed by atoms with Gasteiger partial charge in [-0.2, -0.15) is 0 Å². The standard InChI is InChI=1S/C17H21NO2S/c1-3-21-17-6-4-5-16(15(17)11-18)20-12-13-7-9-14(19-2)10-8-13/h4-10H,3,11-12,18H2,1-2H3. The Labute approximate surface area is 130 Å². The summed E-state index contributed by atoms with van der Waals surface area (Å²) in [6.07, 6.45) is 0. The predicted octanol–water partition coefficient (Wildman–Crippen LogP) is 3.84. The summed E-state index contributed by atoms with van der Waals surface area (Å²) in [6, 6.07) is 14.0. The van der Waals surface area contributed by atoms with Crippen molar-refractivity contribution in [3.05, 3.63) is 53.6 Å². The number of ether oxygens (including phenoxy) is 2. The highest BCUT2D eigenvalue weighted by Crippen LogP contribution is 2.30. The van der Waals surface area contributed by atoms with Crippen LogP contribution < -0.4 is 15.2 Å². The lowest BCUT2D eigenvalue weighted by Gasteiger charge is -2.14. The van der Waals surface area contributed by atoms with E-state index in [0.717, 1.165) is 28.4 Å².